The number of hydrogen-bond acceptors (Lipinski definition) is 2. The fourth-order valence-corrected chi connectivity index (χ4v) is 3.72. The van der Waals surface area contributed by atoms with Crippen molar-refractivity contribution in [2.45, 2.75) is 6.42 Å². The molecule has 1 aromatic heterocycles. The van der Waals surface area contributed by atoms with Gasteiger partial charge in [-0.3, -0.25) is 0 Å². The molecule has 0 aliphatic heterocycles. The summed E-state index contributed by atoms with van der Waals surface area (Å²) in [5.41, 5.74) is 3.44. The van der Waals surface area contributed by atoms with Gasteiger partial charge in [-0.05, 0) is 17.7 Å². The van der Waals surface area contributed by atoms with Gasteiger partial charge in [0.1, 0.15) is 0 Å². The molecule has 0 amide bonds. The highest BCUT2D eigenvalue weighted by molar-refractivity contribution is 9.10. The second kappa shape index (κ2) is 6.20. The summed E-state index contributed by atoms with van der Waals surface area (Å²) in [5, 5.41) is 3.24. The van der Waals surface area contributed by atoms with Crippen LogP contribution in [0.4, 0.5) is 0 Å². The zero-order valence-corrected chi connectivity index (χ0v) is 14.5. The molecular weight excluding hydrogens is 398 g/mol. The minimum atomic E-state index is 0.858. The number of nitrogens with zero attached hydrogens (tertiary/aromatic N) is 1. The highest BCUT2D eigenvalue weighted by atomic mass is 79.9. The van der Waals surface area contributed by atoms with Crippen LogP contribution in [0.25, 0.3) is 11.3 Å². The summed E-state index contributed by atoms with van der Waals surface area (Å²) in [4.78, 5) is 4.75. The number of hydrogen-bond donors (Lipinski definition) is 0. The van der Waals surface area contributed by atoms with Crippen LogP contribution in [0.1, 0.15) is 10.6 Å². The zero-order valence-electron chi connectivity index (χ0n) is 10.5. The van der Waals surface area contributed by atoms with Gasteiger partial charge in [0.2, 0.25) is 0 Å². The number of rotatable bonds is 3. The van der Waals surface area contributed by atoms with Gasteiger partial charge in [-0.15, -0.1) is 11.3 Å². The van der Waals surface area contributed by atoms with Crippen LogP contribution in [0.2, 0.25) is 0 Å². The van der Waals surface area contributed by atoms with E-state index < -0.39 is 0 Å². The van der Waals surface area contributed by atoms with Gasteiger partial charge >= 0.3 is 0 Å². The Kier molecular flexibility index (Phi) is 4.34. The zero-order chi connectivity index (χ0) is 13.9. The van der Waals surface area contributed by atoms with Crippen molar-refractivity contribution in [3.8, 4) is 11.3 Å². The first kappa shape index (κ1) is 14.0. The molecule has 2 aromatic carbocycles. The van der Waals surface area contributed by atoms with Crippen molar-refractivity contribution in [2.75, 3.05) is 0 Å². The van der Waals surface area contributed by atoms with Crippen LogP contribution >= 0.6 is 43.2 Å². The maximum absolute atomic E-state index is 4.75. The molecule has 0 saturated carbocycles. The molecule has 0 spiro atoms. The lowest BCUT2D eigenvalue weighted by Gasteiger charge is -2.01. The lowest BCUT2D eigenvalue weighted by Crippen LogP contribution is -1.89. The van der Waals surface area contributed by atoms with Crippen molar-refractivity contribution < 1.29 is 0 Å². The average Bonchev–Trinajstić information content (AvgIpc) is 2.90. The largest absolute Gasteiger partial charge is 0.241 e. The van der Waals surface area contributed by atoms with Crippen molar-refractivity contribution in [2.24, 2.45) is 0 Å². The molecule has 0 atom stereocenters. The third-order valence-corrected chi connectivity index (χ3v) is 5.32. The van der Waals surface area contributed by atoms with E-state index >= 15 is 0 Å². The summed E-state index contributed by atoms with van der Waals surface area (Å²) >= 11 is 8.87. The lowest BCUT2D eigenvalue weighted by atomic mass is 10.1. The fraction of sp³-hybridized carbons (Fsp3) is 0.0625. The second-order valence-corrected chi connectivity index (χ2v) is 7.03. The van der Waals surface area contributed by atoms with Gasteiger partial charge in [-0.2, -0.15) is 0 Å². The van der Waals surface area contributed by atoms with Gasteiger partial charge in [-0.25, -0.2) is 4.98 Å². The van der Waals surface area contributed by atoms with Crippen LogP contribution in [-0.2, 0) is 6.42 Å². The Bertz CT molecular complexity index is 737. The number of aromatic nitrogens is 1. The summed E-state index contributed by atoms with van der Waals surface area (Å²) < 4.78 is 2.22. The van der Waals surface area contributed by atoms with Gasteiger partial charge in [0, 0.05) is 26.3 Å². The SMILES string of the molecule is Brc1ccccc1Cc1nc(-c2ccccc2Br)cs1. The molecule has 0 aliphatic rings. The molecule has 0 bridgehead atoms. The van der Waals surface area contributed by atoms with Gasteiger partial charge < -0.3 is 0 Å². The number of halogens is 2. The van der Waals surface area contributed by atoms with E-state index in [0.29, 0.717) is 0 Å². The Hall–Kier alpha value is -0.970. The molecule has 0 fully saturated rings. The van der Waals surface area contributed by atoms with E-state index in [1.165, 1.54) is 5.56 Å². The fourth-order valence-electron chi connectivity index (χ4n) is 1.99. The number of benzene rings is 2. The topological polar surface area (TPSA) is 12.9 Å². The second-order valence-electron chi connectivity index (χ2n) is 4.37. The van der Waals surface area contributed by atoms with Crippen molar-refractivity contribution in [1.29, 1.82) is 0 Å². The molecule has 3 rings (SSSR count). The molecule has 1 heterocycles. The van der Waals surface area contributed by atoms with Gasteiger partial charge in [0.25, 0.3) is 0 Å². The maximum atomic E-state index is 4.75. The van der Waals surface area contributed by atoms with Crippen molar-refractivity contribution in [3.63, 3.8) is 0 Å². The first-order valence-electron chi connectivity index (χ1n) is 6.17. The molecule has 1 nitrogen and oxygen atoms in total. The average molecular weight is 409 g/mol. The van der Waals surface area contributed by atoms with E-state index in [-0.39, 0.29) is 0 Å². The van der Waals surface area contributed by atoms with Crippen LogP contribution in [0, 0.1) is 0 Å². The molecule has 0 radical (unpaired) electrons. The molecule has 3 aromatic rings. The Morgan fingerprint density at radius 1 is 0.900 bits per heavy atom. The van der Waals surface area contributed by atoms with E-state index in [1.54, 1.807) is 11.3 Å². The minimum absolute atomic E-state index is 0.858. The van der Waals surface area contributed by atoms with Crippen LogP contribution in [0.15, 0.2) is 62.9 Å². The molecule has 4 heteroatoms. The maximum Gasteiger partial charge on any atom is 0.0976 e. The third-order valence-electron chi connectivity index (χ3n) is 3.00. The predicted octanol–water partition coefficient (Wildman–Crippen LogP) is 5.93. The molecule has 0 aliphatic carbocycles. The smallest absolute Gasteiger partial charge is 0.0976 e. The summed E-state index contributed by atoms with van der Waals surface area (Å²) in [6, 6.07) is 16.5. The van der Waals surface area contributed by atoms with E-state index in [9.17, 15) is 0 Å². The van der Waals surface area contributed by atoms with Crippen molar-refractivity contribution in [1.82, 2.24) is 4.98 Å². The normalized spacial score (nSPS) is 10.7. The molecular formula is C16H11Br2NS. The quantitative estimate of drug-likeness (QED) is 0.523. The van der Waals surface area contributed by atoms with Crippen molar-refractivity contribution in [3.05, 3.63) is 73.4 Å². The lowest BCUT2D eigenvalue weighted by molar-refractivity contribution is 1.13. The van der Waals surface area contributed by atoms with Gasteiger partial charge in [-0.1, -0.05) is 68.3 Å². The first-order valence-corrected chi connectivity index (χ1v) is 8.63. The third kappa shape index (κ3) is 3.03. The molecule has 0 saturated heterocycles. The number of thiazole rings is 1. The summed E-state index contributed by atoms with van der Waals surface area (Å²) in [7, 11) is 0. The van der Waals surface area contributed by atoms with Crippen LogP contribution in [0.5, 0.6) is 0 Å². The Labute approximate surface area is 139 Å². The van der Waals surface area contributed by atoms with Crippen LogP contribution in [0.3, 0.4) is 0 Å². The van der Waals surface area contributed by atoms with E-state index in [4.69, 9.17) is 4.98 Å². The highest BCUT2D eigenvalue weighted by Gasteiger charge is 2.09. The van der Waals surface area contributed by atoms with Crippen LogP contribution < -0.4 is 0 Å². The Balaban J connectivity index is 1.88. The summed E-state index contributed by atoms with van der Waals surface area (Å²) in [6.07, 6.45) is 0.858. The standard InChI is InChI=1S/C16H11Br2NS/c17-13-7-3-1-5-11(13)9-16-19-15(10-20-16)12-6-2-4-8-14(12)18/h1-8,10H,9H2. The molecule has 0 N–H and O–H groups in total. The van der Waals surface area contributed by atoms with E-state index in [0.717, 1.165) is 31.6 Å². The van der Waals surface area contributed by atoms with E-state index in [2.05, 4.69) is 61.5 Å². The van der Waals surface area contributed by atoms with Gasteiger partial charge in [0.15, 0.2) is 0 Å². The van der Waals surface area contributed by atoms with E-state index in [1.807, 2.05) is 24.3 Å². The van der Waals surface area contributed by atoms with Crippen molar-refractivity contribution >= 4 is 43.2 Å². The molecule has 0 unspecified atom stereocenters. The summed E-state index contributed by atoms with van der Waals surface area (Å²) in [6.45, 7) is 0. The van der Waals surface area contributed by atoms with Gasteiger partial charge in [0.05, 0.1) is 10.7 Å². The first-order chi connectivity index (χ1) is 9.74. The highest BCUT2D eigenvalue weighted by Crippen LogP contribution is 2.30. The Morgan fingerprint density at radius 3 is 2.35 bits per heavy atom. The minimum Gasteiger partial charge on any atom is -0.241 e. The monoisotopic (exact) mass is 407 g/mol. The summed E-state index contributed by atoms with van der Waals surface area (Å²) in [5.74, 6) is 0. The Morgan fingerprint density at radius 2 is 1.60 bits per heavy atom. The van der Waals surface area contributed by atoms with Crippen LogP contribution in [-0.4, -0.2) is 4.98 Å². The molecule has 100 valence electrons. The predicted molar refractivity (Wildman–Crippen MR) is 92.2 cm³/mol. The molecule has 20 heavy (non-hydrogen) atoms.